The van der Waals surface area contributed by atoms with Crippen molar-refractivity contribution in [1.82, 2.24) is 14.5 Å². The van der Waals surface area contributed by atoms with Crippen LogP contribution in [0.5, 0.6) is 0 Å². The molecule has 6 nitrogen and oxygen atoms in total. The van der Waals surface area contributed by atoms with Crippen LogP contribution in [-0.4, -0.2) is 62.9 Å². The second kappa shape index (κ2) is 9.75. The number of nitrogens with one attached hydrogen (secondary N) is 1. The first kappa shape index (κ1) is 21.8. The third-order valence-corrected chi connectivity index (χ3v) is 7.36. The van der Waals surface area contributed by atoms with Gasteiger partial charge in [0.05, 0.1) is 17.5 Å². The fourth-order valence-corrected chi connectivity index (χ4v) is 5.36. The van der Waals surface area contributed by atoms with Crippen molar-refractivity contribution < 1.29 is 13.2 Å². The Kier molecular flexibility index (Phi) is 7.33. The van der Waals surface area contributed by atoms with Crippen LogP contribution in [0.15, 0.2) is 29.2 Å². The van der Waals surface area contributed by atoms with Gasteiger partial charge in [-0.25, -0.2) is 13.1 Å². The van der Waals surface area contributed by atoms with Crippen molar-refractivity contribution in [2.75, 3.05) is 32.7 Å². The summed E-state index contributed by atoms with van der Waals surface area (Å²) in [4.78, 5) is 17.4. The zero-order valence-corrected chi connectivity index (χ0v) is 18.0. The zero-order valence-electron chi connectivity index (χ0n) is 17.1. The molecule has 2 unspecified atom stereocenters. The van der Waals surface area contributed by atoms with E-state index in [4.69, 9.17) is 6.42 Å². The number of nitrogens with zero attached hydrogens (tertiary/aromatic N) is 2. The van der Waals surface area contributed by atoms with Crippen LogP contribution in [0, 0.1) is 25.2 Å². The monoisotopic (exact) mass is 417 g/mol. The summed E-state index contributed by atoms with van der Waals surface area (Å²) < 4.78 is 27.8. The Morgan fingerprint density at radius 1 is 1.17 bits per heavy atom. The van der Waals surface area contributed by atoms with E-state index in [0.29, 0.717) is 19.6 Å². The van der Waals surface area contributed by atoms with Gasteiger partial charge in [-0.3, -0.25) is 9.69 Å². The molecular weight excluding hydrogens is 386 g/mol. The van der Waals surface area contributed by atoms with E-state index >= 15 is 0 Å². The van der Waals surface area contributed by atoms with Gasteiger partial charge in [0.1, 0.15) is 0 Å². The number of sulfonamides is 1. The first-order valence-corrected chi connectivity index (χ1v) is 11.9. The number of carbonyl (C=O) groups is 1. The van der Waals surface area contributed by atoms with Gasteiger partial charge in [-0.05, 0) is 57.2 Å². The molecule has 0 saturated carbocycles. The summed E-state index contributed by atoms with van der Waals surface area (Å²) >= 11 is 0. The van der Waals surface area contributed by atoms with Crippen molar-refractivity contribution in [2.45, 2.75) is 50.0 Å². The molecule has 0 spiro atoms. The number of piperidine rings is 2. The summed E-state index contributed by atoms with van der Waals surface area (Å²) in [5.74, 6) is 2.94. The average molecular weight is 418 g/mol. The number of terminal acetylenes is 1. The van der Waals surface area contributed by atoms with E-state index in [0.717, 1.165) is 50.8 Å². The number of rotatable bonds is 6. The van der Waals surface area contributed by atoms with Gasteiger partial charge < -0.3 is 4.90 Å². The van der Waals surface area contributed by atoms with E-state index in [2.05, 4.69) is 15.5 Å². The van der Waals surface area contributed by atoms with Gasteiger partial charge in [0.2, 0.25) is 15.9 Å². The number of carbonyl (C=O) groups excluding carboxylic acids is 1. The molecule has 29 heavy (non-hydrogen) atoms. The normalized spacial score (nSPS) is 23.5. The van der Waals surface area contributed by atoms with Crippen LogP contribution in [0.3, 0.4) is 0 Å². The van der Waals surface area contributed by atoms with Crippen molar-refractivity contribution in [1.29, 1.82) is 0 Å². The van der Waals surface area contributed by atoms with Gasteiger partial charge >= 0.3 is 0 Å². The van der Waals surface area contributed by atoms with Crippen molar-refractivity contribution in [2.24, 2.45) is 5.92 Å². The van der Waals surface area contributed by atoms with Gasteiger partial charge in [0.15, 0.2) is 0 Å². The van der Waals surface area contributed by atoms with E-state index in [1.807, 2.05) is 11.8 Å². The Bertz CT molecular complexity index is 845. The van der Waals surface area contributed by atoms with Crippen LogP contribution < -0.4 is 4.72 Å². The molecule has 1 amide bonds. The predicted molar refractivity (Wildman–Crippen MR) is 114 cm³/mol. The highest BCUT2D eigenvalue weighted by atomic mass is 32.2. The summed E-state index contributed by atoms with van der Waals surface area (Å²) in [5.41, 5.74) is 1.02. The van der Waals surface area contributed by atoms with Gasteiger partial charge in [0, 0.05) is 19.6 Å². The van der Waals surface area contributed by atoms with E-state index in [1.165, 1.54) is 0 Å². The zero-order chi connectivity index (χ0) is 20.9. The average Bonchev–Trinajstić information content (AvgIpc) is 2.73. The van der Waals surface area contributed by atoms with Crippen LogP contribution in [-0.2, 0) is 14.8 Å². The molecule has 2 fully saturated rings. The molecule has 2 aliphatic heterocycles. The molecule has 7 heteroatoms. The highest BCUT2D eigenvalue weighted by molar-refractivity contribution is 7.89. The molecule has 3 rings (SSSR count). The summed E-state index contributed by atoms with van der Waals surface area (Å²) in [6.07, 6.45) is 10.3. The summed E-state index contributed by atoms with van der Waals surface area (Å²) in [7, 11) is -3.53. The number of likely N-dealkylation sites (tertiary alicyclic amines) is 2. The van der Waals surface area contributed by atoms with Crippen molar-refractivity contribution in [3.8, 4) is 12.3 Å². The molecule has 2 heterocycles. The molecular formula is C22H31N3O3S. The first-order chi connectivity index (χ1) is 13.9. The SMILES string of the molecule is C#CCN1CCCCC1C(=O)N1CCCC(CNS(=O)(=O)c2ccc(C)cc2)C1. The lowest BCUT2D eigenvalue weighted by atomic mass is 9.95. The molecule has 2 atom stereocenters. The molecule has 1 N–H and O–H groups in total. The number of aryl methyl sites for hydroxylation is 1. The minimum absolute atomic E-state index is 0.123. The maximum Gasteiger partial charge on any atom is 0.240 e. The maximum absolute atomic E-state index is 13.1. The standard InChI is InChI=1S/C22H31N3O3S/c1-3-13-24-14-5-4-8-21(24)22(26)25-15-6-7-19(17-25)16-23-29(27,28)20-11-9-18(2)10-12-20/h1,9-12,19,21,23H,4-8,13-17H2,2H3. The van der Waals surface area contributed by atoms with Crippen LogP contribution in [0.2, 0.25) is 0 Å². The third kappa shape index (κ3) is 5.59. The second-order valence-corrected chi connectivity index (χ2v) is 9.91. The molecule has 1 aromatic rings. The predicted octanol–water partition coefficient (Wildman–Crippen LogP) is 2.00. The van der Waals surface area contributed by atoms with Gasteiger partial charge in [0.25, 0.3) is 0 Å². The summed E-state index contributed by atoms with van der Waals surface area (Å²) in [6, 6.07) is 6.70. The fraction of sp³-hybridized carbons (Fsp3) is 0.591. The Hall–Kier alpha value is -1.88. The summed E-state index contributed by atoms with van der Waals surface area (Å²) in [6.45, 7) is 4.97. The van der Waals surface area contributed by atoms with Crippen LogP contribution in [0.4, 0.5) is 0 Å². The van der Waals surface area contributed by atoms with E-state index in [1.54, 1.807) is 24.3 Å². The number of benzene rings is 1. The Labute approximate surface area is 174 Å². The Balaban J connectivity index is 1.58. The lowest BCUT2D eigenvalue weighted by Gasteiger charge is -2.39. The minimum Gasteiger partial charge on any atom is -0.341 e. The van der Waals surface area contributed by atoms with Gasteiger partial charge in [-0.15, -0.1) is 6.42 Å². The number of amides is 1. The van der Waals surface area contributed by atoms with E-state index in [9.17, 15) is 13.2 Å². The Morgan fingerprint density at radius 3 is 2.66 bits per heavy atom. The molecule has 0 aliphatic carbocycles. The Morgan fingerprint density at radius 2 is 1.93 bits per heavy atom. The topological polar surface area (TPSA) is 69.7 Å². The van der Waals surface area contributed by atoms with Crippen LogP contribution >= 0.6 is 0 Å². The molecule has 0 radical (unpaired) electrons. The van der Waals surface area contributed by atoms with Crippen molar-refractivity contribution >= 4 is 15.9 Å². The number of hydrogen-bond donors (Lipinski definition) is 1. The number of hydrogen-bond acceptors (Lipinski definition) is 4. The molecule has 2 saturated heterocycles. The molecule has 158 valence electrons. The van der Waals surface area contributed by atoms with Crippen LogP contribution in [0.1, 0.15) is 37.7 Å². The van der Waals surface area contributed by atoms with Crippen molar-refractivity contribution in [3.05, 3.63) is 29.8 Å². The lowest BCUT2D eigenvalue weighted by molar-refractivity contribution is -0.139. The molecule has 0 aromatic heterocycles. The highest BCUT2D eigenvalue weighted by Crippen LogP contribution is 2.23. The molecule has 1 aromatic carbocycles. The second-order valence-electron chi connectivity index (χ2n) is 8.14. The van der Waals surface area contributed by atoms with E-state index in [-0.39, 0.29) is 22.8 Å². The maximum atomic E-state index is 13.1. The lowest BCUT2D eigenvalue weighted by Crippen LogP contribution is -2.53. The van der Waals surface area contributed by atoms with E-state index < -0.39 is 10.0 Å². The molecule has 2 aliphatic rings. The van der Waals surface area contributed by atoms with Crippen molar-refractivity contribution in [3.63, 3.8) is 0 Å². The van der Waals surface area contributed by atoms with Gasteiger partial charge in [-0.1, -0.05) is 30.0 Å². The molecule has 0 bridgehead atoms. The quantitative estimate of drug-likeness (QED) is 0.719. The van der Waals surface area contributed by atoms with Gasteiger partial charge in [-0.2, -0.15) is 0 Å². The minimum atomic E-state index is -3.53. The summed E-state index contributed by atoms with van der Waals surface area (Å²) in [5, 5.41) is 0. The first-order valence-electron chi connectivity index (χ1n) is 10.4. The largest absolute Gasteiger partial charge is 0.341 e. The van der Waals surface area contributed by atoms with Crippen LogP contribution in [0.25, 0.3) is 0 Å². The smallest absolute Gasteiger partial charge is 0.240 e. The fourth-order valence-electron chi connectivity index (χ4n) is 4.25. The third-order valence-electron chi connectivity index (χ3n) is 5.92. The highest BCUT2D eigenvalue weighted by Gasteiger charge is 2.34.